The SMILES string of the molecule is COCC1CN(Cc2coc(C)n2)CCN1C(=O)O. The largest absolute Gasteiger partial charge is 0.465 e. The molecule has 1 unspecified atom stereocenters. The van der Waals surface area contributed by atoms with E-state index in [1.54, 1.807) is 20.3 Å². The Kier molecular flexibility index (Phi) is 4.39. The molecule has 1 aromatic rings. The van der Waals surface area contributed by atoms with Crippen LogP contribution in [0.15, 0.2) is 10.7 Å². The third-order valence-corrected chi connectivity index (χ3v) is 3.22. The zero-order valence-electron chi connectivity index (χ0n) is 11.2. The summed E-state index contributed by atoms with van der Waals surface area (Å²) in [4.78, 5) is 19.0. The van der Waals surface area contributed by atoms with Gasteiger partial charge in [-0.2, -0.15) is 0 Å². The van der Waals surface area contributed by atoms with E-state index >= 15 is 0 Å². The highest BCUT2D eigenvalue weighted by Gasteiger charge is 2.30. The Morgan fingerprint density at radius 2 is 2.42 bits per heavy atom. The van der Waals surface area contributed by atoms with Crippen LogP contribution in [0.3, 0.4) is 0 Å². The van der Waals surface area contributed by atoms with Crippen LogP contribution in [0.4, 0.5) is 4.79 Å². The van der Waals surface area contributed by atoms with E-state index in [1.807, 2.05) is 0 Å². The summed E-state index contributed by atoms with van der Waals surface area (Å²) >= 11 is 0. The standard InChI is InChI=1S/C12H19N3O4/c1-9-13-10(7-19-9)5-14-3-4-15(12(16)17)11(6-14)8-18-2/h7,11H,3-6,8H2,1-2H3,(H,16,17). The van der Waals surface area contributed by atoms with E-state index in [2.05, 4.69) is 9.88 Å². The van der Waals surface area contributed by atoms with E-state index in [1.165, 1.54) is 4.90 Å². The minimum atomic E-state index is -0.890. The second kappa shape index (κ2) is 6.03. The molecule has 1 aromatic heterocycles. The van der Waals surface area contributed by atoms with Crippen LogP contribution < -0.4 is 0 Å². The van der Waals surface area contributed by atoms with Crippen molar-refractivity contribution in [2.24, 2.45) is 0 Å². The van der Waals surface area contributed by atoms with Gasteiger partial charge in [-0.25, -0.2) is 9.78 Å². The first-order valence-corrected chi connectivity index (χ1v) is 6.22. The van der Waals surface area contributed by atoms with Crippen molar-refractivity contribution < 1.29 is 19.1 Å². The van der Waals surface area contributed by atoms with Crippen molar-refractivity contribution >= 4 is 6.09 Å². The maximum Gasteiger partial charge on any atom is 0.407 e. The first-order valence-electron chi connectivity index (χ1n) is 6.22. The molecular formula is C12H19N3O4. The molecule has 0 radical (unpaired) electrons. The minimum Gasteiger partial charge on any atom is -0.465 e. The summed E-state index contributed by atoms with van der Waals surface area (Å²) < 4.78 is 10.3. The molecule has 1 aliphatic heterocycles. The highest BCUT2D eigenvalue weighted by atomic mass is 16.5. The number of methoxy groups -OCH3 is 1. The fourth-order valence-electron chi connectivity index (χ4n) is 2.36. The molecule has 1 fully saturated rings. The molecule has 7 nitrogen and oxygen atoms in total. The van der Waals surface area contributed by atoms with E-state index in [-0.39, 0.29) is 6.04 Å². The quantitative estimate of drug-likeness (QED) is 0.870. The van der Waals surface area contributed by atoms with Gasteiger partial charge in [0.05, 0.1) is 18.3 Å². The lowest BCUT2D eigenvalue weighted by molar-refractivity contribution is 0.0262. The average molecular weight is 269 g/mol. The molecule has 1 amide bonds. The second-order valence-electron chi connectivity index (χ2n) is 4.68. The van der Waals surface area contributed by atoms with Crippen LogP contribution in [0.1, 0.15) is 11.6 Å². The lowest BCUT2D eigenvalue weighted by Crippen LogP contribution is -2.56. The number of ether oxygens (including phenoxy) is 1. The normalized spacial score (nSPS) is 20.7. The zero-order valence-corrected chi connectivity index (χ0v) is 11.2. The highest BCUT2D eigenvalue weighted by molar-refractivity contribution is 5.65. The van der Waals surface area contributed by atoms with Crippen LogP contribution in [0, 0.1) is 6.92 Å². The molecule has 0 aromatic carbocycles. The Labute approximate surface area is 111 Å². The van der Waals surface area contributed by atoms with Crippen LogP contribution in [0.5, 0.6) is 0 Å². The van der Waals surface area contributed by atoms with Crippen LogP contribution >= 0.6 is 0 Å². The van der Waals surface area contributed by atoms with Gasteiger partial charge in [0.2, 0.25) is 0 Å². The fraction of sp³-hybridized carbons (Fsp3) is 0.667. The van der Waals surface area contributed by atoms with Crippen molar-refractivity contribution in [3.8, 4) is 0 Å². The van der Waals surface area contributed by atoms with Crippen LogP contribution in [0.2, 0.25) is 0 Å². The van der Waals surface area contributed by atoms with Crippen LogP contribution in [-0.4, -0.2) is 65.4 Å². The number of hydrogen-bond acceptors (Lipinski definition) is 5. The van der Waals surface area contributed by atoms with Gasteiger partial charge in [-0.3, -0.25) is 4.90 Å². The van der Waals surface area contributed by atoms with Crippen molar-refractivity contribution in [1.29, 1.82) is 0 Å². The van der Waals surface area contributed by atoms with E-state index in [0.717, 1.165) is 5.69 Å². The molecule has 2 rings (SSSR count). The number of hydrogen-bond donors (Lipinski definition) is 1. The molecule has 1 atom stereocenters. The monoisotopic (exact) mass is 269 g/mol. The van der Waals surface area contributed by atoms with E-state index in [4.69, 9.17) is 14.3 Å². The Morgan fingerprint density at radius 3 is 3.00 bits per heavy atom. The van der Waals surface area contributed by atoms with E-state index < -0.39 is 6.09 Å². The van der Waals surface area contributed by atoms with Crippen LogP contribution in [-0.2, 0) is 11.3 Å². The summed E-state index contributed by atoms with van der Waals surface area (Å²) in [5.41, 5.74) is 0.873. The number of carboxylic acid groups (broad SMARTS) is 1. The summed E-state index contributed by atoms with van der Waals surface area (Å²) in [6.07, 6.45) is 0.753. The Hall–Kier alpha value is -1.60. The van der Waals surface area contributed by atoms with Crippen molar-refractivity contribution in [3.63, 3.8) is 0 Å². The molecule has 1 N–H and O–H groups in total. The predicted octanol–water partition coefficient (Wildman–Crippen LogP) is 0.794. The number of nitrogens with zero attached hydrogens (tertiary/aromatic N) is 3. The highest BCUT2D eigenvalue weighted by Crippen LogP contribution is 2.13. The lowest BCUT2D eigenvalue weighted by atomic mass is 10.2. The number of aromatic nitrogens is 1. The van der Waals surface area contributed by atoms with Gasteiger partial charge in [0.1, 0.15) is 6.26 Å². The number of carbonyl (C=O) groups is 1. The molecule has 0 spiro atoms. The van der Waals surface area contributed by atoms with Gasteiger partial charge >= 0.3 is 6.09 Å². The molecule has 0 aliphatic carbocycles. The van der Waals surface area contributed by atoms with Gasteiger partial charge in [0, 0.05) is 40.2 Å². The van der Waals surface area contributed by atoms with Gasteiger partial charge in [-0.1, -0.05) is 0 Å². The maximum absolute atomic E-state index is 11.1. The van der Waals surface area contributed by atoms with Gasteiger partial charge in [-0.15, -0.1) is 0 Å². The van der Waals surface area contributed by atoms with Gasteiger partial charge < -0.3 is 19.2 Å². The number of amides is 1. The van der Waals surface area contributed by atoms with Crippen LogP contribution in [0.25, 0.3) is 0 Å². The molecular weight excluding hydrogens is 250 g/mol. The number of aryl methyl sites for hydroxylation is 1. The fourth-order valence-corrected chi connectivity index (χ4v) is 2.36. The molecule has 106 valence electrons. The first kappa shape index (κ1) is 13.8. The van der Waals surface area contributed by atoms with Gasteiger partial charge in [0.15, 0.2) is 5.89 Å². The molecule has 0 bridgehead atoms. The number of rotatable bonds is 4. The third-order valence-electron chi connectivity index (χ3n) is 3.22. The zero-order chi connectivity index (χ0) is 13.8. The van der Waals surface area contributed by atoms with Crippen molar-refractivity contribution in [1.82, 2.24) is 14.8 Å². The average Bonchev–Trinajstić information content (AvgIpc) is 2.75. The van der Waals surface area contributed by atoms with Crippen molar-refractivity contribution in [2.45, 2.75) is 19.5 Å². The number of piperazine rings is 1. The topological polar surface area (TPSA) is 79.0 Å². The summed E-state index contributed by atoms with van der Waals surface area (Å²) in [6.45, 7) is 4.70. The van der Waals surface area contributed by atoms with Crippen molar-refractivity contribution in [3.05, 3.63) is 17.8 Å². The first-order chi connectivity index (χ1) is 9.10. The molecule has 7 heteroatoms. The third kappa shape index (κ3) is 3.45. The van der Waals surface area contributed by atoms with Gasteiger partial charge in [0.25, 0.3) is 0 Å². The molecule has 0 saturated carbocycles. The summed E-state index contributed by atoms with van der Waals surface area (Å²) in [7, 11) is 1.58. The molecule has 1 aliphatic rings. The summed E-state index contributed by atoms with van der Waals surface area (Å²) in [5, 5.41) is 9.14. The Morgan fingerprint density at radius 1 is 1.63 bits per heavy atom. The van der Waals surface area contributed by atoms with E-state index in [9.17, 15) is 4.79 Å². The summed E-state index contributed by atoms with van der Waals surface area (Å²) in [6, 6.07) is -0.135. The molecule has 1 saturated heterocycles. The Balaban J connectivity index is 1.96. The molecule has 2 heterocycles. The predicted molar refractivity (Wildman–Crippen MR) is 66.9 cm³/mol. The van der Waals surface area contributed by atoms with E-state index in [0.29, 0.717) is 38.7 Å². The lowest BCUT2D eigenvalue weighted by Gasteiger charge is -2.39. The second-order valence-corrected chi connectivity index (χ2v) is 4.68. The maximum atomic E-state index is 11.1. The minimum absolute atomic E-state index is 0.135. The van der Waals surface area contributed by atoms with Crippen molar-refractivity contribution in [2.75, 3.05) is 33.4 Å². The van der Waals surface area contributed by atoms with Gasteiger partial charge in [-0.05, 0) is 0 Å². The molecule has 19 heavy (non-hydrogen) atoms. The Bertz CT molecular complexity index is 434. The summed E-state index contributed by atoms with van der Waals surface area (Å²) in [5.74, 6) is 0.646. The number of oxazole rings is 1. The smallest absolute Gasteiger partial charge is 0.407 e.